The van der Waals surface area contributed by atoms with Gasteiger partial charge in [0, 0.05) is 18.6 Å². The highest BCUT2D eigenvalue weighted by molar-refractivity contribution is 4.97. The van der Waals surface area contributed by atoms with Crippen LogP contribution in [-0.4, -0.2) is 30.1 Å². The van der Waals surface area contributed by atoms with Crippen LogP contribution < -0.4 is 5.32 Å². The molecule has 0 saturated carbocycles. The Morgan fingerprint density at radius 2 is 2.12 bits per heavy atom. The summed E-state index contributed by atoms with van der Waals surface area (Å²) in [6, 6.07) is 5.08. The van der Waals surface area contributed by atoms with Gasteiger partial charge in [0.15, 0.2) is 0 Å². The summed E-state index contributed by atoms with van der Waals surface area (Å²) in [6.07, 6.45) is 1.72. The van der Waals surface area contributed by atoms with Crippen molar-refractivity contribution in [1.29, 1.82) is 0 Å². The zero-order chi connectivity index (χ0) is 12.0. The van der Waals surface area contributed by atoms with Crippen LogP contribution in [0, 0.1) is 0 Å². The lowest BCUT2D eigenvalue weighted by atomic mass is 10.2. The Morgan fingerprint density at radius 1 is 1.38 bits per heavy atom. The van der Waals surface area contributed by atoms with E-state index in [9.17, 15) is 0 Å². The standard InChI is InChI=1S/C13H24N2O/c1-5-15(11(2)3)12(4)9-14-10-13-7-6-8-16-13/h6-8,11-12,14H,5,9-10H2,1-4H3. The number of hydrogen-bond donors (Lipinski definition) is 1. The second-order valence-electron chi connectivity index (χ2n) is 4.48. The molecule has 1 aromatic heterocycles. The van der Waals surface area contributed by atoms with E-state index in [1.165, 1.54) is 0 Å². The highest BCUT2D eigenvalue weighted by atomic mass is 16.3. The van der Waals surface area contributed by atoms with Gasteiger partial charge >= 0.3 is 0 Å². The molecule has 0 aliphatic heterocycles. The van der Waals surface area contributed by atoms with Gasteiger partial charge in [-0.15, -0.1) is 0 Å². The van der Waals surface area contributed by atoms with E-state index in [1.807, 2.05) is 12.1 Å². The van der Waals surface area contributed by atoms with Crippen molar-refractivity contribution in [3.05, 3.63) is 24.2 Å². The summed E-state index contributed by atoms with van der Waals surface area (Å²) in [5.74, 6) is 1.000. The molecular formula is C13H24N2O. The molecule has 1 atom stereocenters. The van der Waals surface area contributed by atoms with Gasteiger partial charge in [0.1, 0.15) is 5.76 Å². The molecule has 16 heavy (non-hydrogen) atoms. The molecule has 1 heterocycles. The number of likely N-dealkylation sites (N-methyl/N-ethyl adjacent to an activating group) is 1. The molecule has 3 nitrogen and oxygen atoms in total. The molecule has 0 saturated heterocycles. The highest BCUT2D eigenvalue weighted by Gasteiger charge is 2.14. The van der Waals surface area contributed by atoms with E-state index in [1.54, 1.807) is 6.26 Å². The molecule has 92 valence electrons. The summed E-state index contributed by atoms with van der Waals surface area (Å²) in [6.45, 7) is 11.9. The van der Waals surface area contributed by atoms with E-state index in [2.05, 4.69) is 37.9 Å². The maximum atomic E-state index is 5.27. The van der Waals surface area contributed by atoms with Gasteiger partial charge in [-0.2, -0.15) is 0 Å². The number of rotatable bonds is 7. The molecule has 0 spiro atoms. The molecule has 3 heteroatoms. The van der Waals surface area contributed by atoms with Crippen LogP contribution in [0.15, 0.2) is 22.8 Å². The van der Waals surface area contributed by atoms with Crippen molar-refractivity contribution in [3.8, 4) is 0 Å². The van der Waals surface area contributed by atoms with Crippen LogP contribution in [0.4, 0.5) is 0 Å². The lowest BCUT2D eigenvalue weighted by molar-refractivity contribution is 0.169. The maximum absolute atomic E-state index is 5.27. The summed E-state index contributed by atoms with van der Waals surface area (Å²) >= 11 is 0. The molecule has 0 radical (unpaired) electrons. The third kappa shape index (κ3) is 3.99. The van der Waals surface area contributed by atoms with Crippen molar-refractivity contribution in [2.24, 2.45) is 0 Å². The number of nitrogens with one attached hydrogen (secondary N) is 1. The van der Waals surface area contributed by atoms with Crippen LogP contribution in [0.2, 0.25) is 0 Å². The molecule has 1 unspecified atom stereocenters. The topological polar surface area (TPSA) is 28.4 Å². The van der Waals surface area contributed by atoms with Crippen LogP contribution in [0.1, 0.15) is 33.5 Å². The van der Waals surface area contributed by atoms with Crippen molar-refractivity contribution in [2.45, 2.75) is 46.3 Å². The second kappa shape index (κ2) is 6.71. The number of hydrogen-bond acceptors (Lipinski definition) is 3. The third-order valence-corrected chi connectivity index (χ3v) is 2.91. The van der Waals surface area contributed by atoms with Gasteiger partial charge in [-0.3, -0.25) is 4.90 Å². The Kier molecular flexibility index (Phi) is 5.56. The van der Waals surface area contributed by atoms with Gasteiger partial charge in [0.25, 0.3) is 0 Å². The normalized spacial score (nSPS) is 13.6. The fourth-order valence-electron chi connectivity index (χ4n) is 2.12. The predicted molar refractivity (Wildman–Crippen MR) is 67.4 cm³/mol. The van der Waals surface area contributed by atoms with Gasteiger partial charge in [0.2, 0.25) is 0 Å². The van der Waals surface area contributed by atoms with Crippen molar-refractivity contribution in [1.82, 2.24) is 10.2 Å². The average molecular weight is 224 g/mol. The van der Waals surface area contributed by atoms with E-state index in [-0.39, 0.29) is 0 Å². The smallest absolute Gasteiger partial charge is 0.117 e. The molecule has 1 aromatic rings. The van der Waals surface area contributed by atoms with Crippen molar-refractivity contribution < 1.29 is 4.42 Å². The summed E-state index contributed by atoms with van der Waals surface area (Å²) in [4.78, 5) is 2.48. The first-order valence-electron chi connectivity index (χ1n) is 6.14. The van der Waals surface area contributed by atoms with E-state index in [0.717, 1.165) is 25.4 Å². The molecular weight excluding hydrogens is 200 g/mol. The molecule has 0 fully saturated rings. The minimum absolute atomic E-state index is 0.556. The quantitative estimate of drug-likeness (QED) is 0.771. The minimum Gasteiger partial charge on any atom is -0.468 e. The summed E-state index contributed by atoms with van der Waals surface area (Å²) in [7, 11) is 0. The van der Waals surface area contributed by atoms with Gasteiger partial charge < -0.3 is 9.73 Å². The van der Waals surface area contributed by atoms with Crippen LogP contribution in [0.5, 0.6) is 0 Å². The van der Waals surface area contributed by atoms with E-state index in [0.29, 0.717) is 12.1 Å². The maximum Gasteiger partial charge on any atom is 0.117 e. The Bertz CT molecular complexity index is 269. The first-order chi connectivity index (χ1) is 7.65. The molecule has 1 rings (SSSR count). The number of nitrogens with zero attached hydrogens (tertiary/aromatic N) is 1. The van der Waals surface area contributed by atoms with Gasteiger partial charge in [0.05, 0.1) is 12.8 Å². The Labute approximate surface area is 98.8 Å². The molecule has 0 aliphatic carbocycles. The number of furan rings is 1. The molecule has 0 amide bonds. The Hall–Kier alpha value is -0.800. The summed E-state index contributed by atoms with van der Waals surface area (Å²) in [5, 5.41) is 3.42. The first-order valence-corrected chi connectivity index (χ1v) is 6.14. The van der Waals surface area contributed by atoms with E-state index in [4.69, 9.17) is 4.42 Å². The van der Waals surface area contributed by atoms with Crippen LogP contribution >= 0.6 is 0 Å². The third-order valence-electron chi connectivity index (χ3n) is 2.91. The summed E-state index contributed by atoms with van der Waals surface area (Å²) < 4.78 is 5.27. The summed E-state index contributed by atoms with van der Waals surface area (Å²) in [5.41, 5.74) is 0. The zero-order valence-corrected chi connectivity index (χ0v) is 10.9. The van der Waals surface area contributed by atoms with E-state index < -0.39 is 0 Å². The Morgan fingerprint density at radius 3 is 2.62 bits per heavy atom. The van der Waals surface area contributed by atoms with Crippen molar-refractivity contribution in [3.63, 3.8) is 0 Å². The monoisotopic (exact) mass is 224 g/mol. The predicted octanol–water partition coefficient (Wildman–Crippen LogP) is 2.49. The van der Waals surface area contributed by atoms with Gasteiger partial charge in [-0.05, 0) is 39.4 Å². The van der Waals surface area contributed by atoms with Crippen molar-refractivity contribution in [2.75, 3.05) is 13.1 Å². The molecule has 0 bridgehead atoms. The van der Waals surface area contributed by atoms with Crippen LogP contribution in [0.3, 0.4) is 0 Å². The molecule has 0 aromatic carbocycles. The molecule has 0 aliphatic rings. The fraction of sp³-hybridized carbons (Fsp3) is 0.692. The second-order valence-corrected chi connectivity index (χ2v) is 4.48. The Balaban J connectivity index is 2.26. The zero-order valence-electron chi connectivity index (χ0n) is 10.9. The minimum atomic E-state index is 0.556. The molecule has 1 N–H and O–H groups in total. The van der Waals surface area contributed by atoms with E-state index >= 15 is 0 Å². The lowest BCUT2D eigenvalue weighted by Crippen LogP contribution is -2.43. The fourth-order valence-corrected chi connectivity index (χ4v) is 2.12. The highest BCUT2D eigenvalue weighted by Crippen LogP contribution is 2.04. The van der Waals surface area contributed by atoms with Crippen LogP contribution in [0.25, 0.3) is 0 Å². The van der Waals surface area contributed by atoms with Crippen LogP contribution in [-0.2, 0) is 6.54 Å². The first kappa shape index (κ1) is 13.3. The largest absolute Gasteiger partial charge is 0.468 e. The lowest BCUT2D eigenvalue weighted by Gasteiger charge is -2.31. The van der Waals surface area contributed by atoms with Gasteiger partial charge in [-0.1, -0.05) is 6.92 Å². The average Bonchev–Trinajstić information content (AvgIpc) is 2.71. The SMILES string of the molecule is CCN(C(C)C)C(C)CNCc1ccco1. The van der Waals surface area contributed by atoms with Gasteiger partial charge in [-0.25, -0.2) is 0 Å². The van der Waals surface area contributed by atoms with Crippen molar-refractivity contribution >= 4 is 0 Å².